The second-order valence-electron chi connectivity index (χ2n) is 6.31. The number of hydrogen-bond donors (Lipinski definition) is 1. The van der Waals surface area contributed by atoms with E-state index in [0.717, 1.165) is 36.8 Å². The highest BCUT2D eigenvalue weighted by Crippen LogP contribution is 2.21. The van der Waals surface area contributed by atoms with E-state index >= 15 is 0 Å². The molecule has 0 saturated carbocycles. The molecule has 0 atom stereocenters. The third kappa shape index (κ3) is 3.15. The van der Waals surface area contributed by atoms with Crippen molar-refractivity contribution in [3.8, 4) is 0 Å². The maximum Gasteiger partial charge on any atom is 0.275 e. The molecule has 4 rings (SSSR count). The van der Waals surface area contributed by atoms with Crippen molar-refractivity contribution in [2.24, 2.45) is 0 Å². The lowest BCUT2D eigenvalue weighted by Gasteiger charge is -2.13. The van der Waals surface area contributed by atoms with Crippen LogP contribution in [0, 0.1) is 0 Å². The van der Waals surface area contributed by atoms with E-state index in [2.05, 4.69) is 15.4 Å². The molecule has 26 heavy (non-hydrogen) atoms. The summed E-state index contributed by atoms with van der Waals surface area (Å²) in [5.41, 5.74) is 1.82. The second-order valence-corrected chi connectivity index (χ2v) is 6.31. The fourth-order valence-corrected chi connectivity index (χ4v) is 3.25. The standard InChI is InChI=1S/C19H19N5O2/c25-17(21-14-6-5-9-20-12-14)13-24-16-8-2-1-7-15(16)18(22-24)19(26)23-10-3-4-11-23/h1-2,5-9,12H,3-4,10-11,13H2,(H,21,25). The van der Waals surface area contributed by atoms with Crippen molar-refractivity contribution >= 4 is 28.4 Å². The molecule has 3 aromatic rings. The van der Waals surface area contributed by atoms with Crippen LogP contribution in [0.1, 0.15) is 23.3 Å². The number of aromatic nitrogens is 3. The first-order valence-electron chi connectivity index (χ1n) is 8.67. The van der Waals surface area contributed by atoms with Crippen LogP contribution in [0.4, 0.5) is 5.69 Å². The molecule has 132 valence electrons. The summed E-state index contributed by atoms with van der Waals surface area (Å²) in [6.45, 7) is 1.56. The molecule has 0 radical (unpaired) electrons. The summed E-state index contributed by atoms with van der Waals surface area (Å²) in [5.74, 6) is -0.281. The van der Waals surface area contributed by atoms with E-state index in [-0.39, 0.29) is 18.4 Å². The topological polar surface area (TPSA) is 80.1 Å². The normalized spacial score (nSPS) is 13.9. The monoisotopic (exact) mass is 349 g/mol. The number of hydrogen-bond acceptors (Lipinski definition) is 4. The Hall–Kier alpha value is -3.22. The molecule has 1 aliphatic heterocycles. The number of nitrogens with one attached hydrogen (secondary N) is 1. The number of likely N-dealkylation sites (tertiary alicyclic amines) is 1. The van der Waals surface area contributed by atoms with Gasteiger partial charge in [-0.3, -0.25) is 19.3 Å². The average molecular weight is 349 g/mol. The van der Waals surface area contributed by atoms with E-state index in [1.807, 2.05) is 29.2 Å². The molecule has 1 aliphatic rings. The number of benzene rings is 1. The van der Waals surface area contributed by atoms with Crippen molar-refractivity contribution in [2.45, 2.75) is 19.4 Å². The number of rotatable bonds is 4. The first-order valence-corrected chi connectivity index (χ1v) is 8.67. The number of anilines is 1. The minimum Gasteiger partial charge on any atom is -0.337 e. The zero-order chi connectivity index (χ0) is 17.9. The summed E-state index contributed by atoms with van der Waals surface area (Å²) in [7, 11) is 0. The van der Waals surface area contributed by atoms with Crippen LogP contribution in [0.3, 0.4) is 0 Å². The van der Waals surface area contributed by atoms with Gasteiger partial charge in [-0.1, -0.05) is 18.2 Å². The van der Waals surface area contributed by atoms with Gasteiger partial charge in [0.1, 0.15) is 6.54 Å². The number of pyridine rings is 1. The van der Waals surface area contributed by atoms with Gasteiger partial charge in [-0.25, -0.2) is 0 Å². The number of fused-ring (bicyclic) bond motifs is 1. The molecule has 1 N–H and O–H groups in total. The summed E-state index contributed by atoms with van der Waals surface area (Å²) >= 11 is 0. The van der Waals surface area contributed by atoms with Crippen LogP contribution in [0.15, 0.2) is 48.8 Å². The van der Waals surface area contributed by atoms with Crippen molar-refractivity contribution in [1.29, 1.82) is 0 Å². The number of carbonyl (C=O) groups is 2. The summed E-state index contributed by atoms with van der Waals surface area (Å²) in [6.07, 6.45) is 5.28. The van der Waals surface area contributed by atoms with Crippen molar-refractivity contribution in [3.05, 3.63) is 54.5 Å². The van der Waals surface area contributed by atoms with Gasteiger partial charge in [-0.2, -0.15) is 5.10 Å². The lowest BCUT2D eigenvalue weighted by molar-refractivity contribution is -0.116. The molecule has 7 heteroatoms. The zero-order valence-electron chi connectivity index (χ0n) is 14.3. The Morgan fingerprint density at radius 1 is 1.08 bits per heavy atom. The van der Waals surface area contributed by atoms with Gasteiger partial charge in [-0.05, 0) is 31.0 Å². The molecular formula is C19H19N5O2. The molecule has 3 heterocycles. The van der Waals surface area contributed by atoms with Crippen LogP contribution >= 0.6 is 0 Å². The maximum atomic E-state index is 12.8. The Labute approximate surface area is 150 Å². The van der Waals surface area contributed by atoms with Gasteiger partial charge in [0.05, 0.1) is 17.4 Å². The molecule has 1 saturated heterocycles. The first-order chi connectivity index (χ1) is 12.7. The second kappa shape index (κ2) is 6.95. The SMILES string of the molecule is O=C(Cn1nc(C(=O)N2CCCC2)c2ccccc21)Nc1cccnc1. The molecule has 7 nitrogen and oxygen atoms in total. The van der Waals surface area contributed by atoms with E-state index in [4.69, 9.17) is 0 Å². The number of para-hydroxylation sites is 1. The van der Waals surface area contributed by atoms with Crippen molar-refractivity contribution in [3.63, 3.8) is 0 Å². The van der Waals surface area contributed by atoms with Crippen LogP contribution in [0.5, 0.6) is 0 Å². The quantitative estimate of drug-likeness (QED) is 0.784. The molecule has 2 aromatic heterocycles. The van der Waals surface area contributed by atoms with Crippen molar-refractivity contribution in [2.75, 3.05) is 18.4 Å². The van der Waals surface area contributed by atoms with Gasteiger partial charge in [0.15, 0.2) is 5.69 Å². The largest absolute Gasteiger partial charge is 0.337 e. The minimum absolute atomic E-state index is 0.0304. The van der Waals surface area contributed by atoms with E-state index in [9.17, 15) is 9.59 Å². The van der Waals surface area contributed by atoms with Gasteiger partial charge in [0.2, 0.25) is 5.91 Å². The average Bonchev–Trinajstić information content (AvgIpc) is 3.31. The highest BCUT2D eigenvalue weighted by molar-refractivity contribution is 6.05. The fourth-order valence-electron chi connectivity index (χ4n) is 3.25. The molecule has 0 aliphatic carbocycles. The molecular weight excluding hydrogens is 330 g/mol. The van der Waals surface area contributed by atoms with Crippen molar-refractivity contribution < 1.29 is 9.59 Å². The molecule has 0 spiro atoms. The Kier molecular flexibility index (Phi) is 4.35. The van der Waals surface area contributed by atoms with E-state index in [1.54, 1.807) is 29.2 Å². The first kappa shape index (κ1) is 16.3. The Morgan fingerprint density at radius 3 is 2.65 bits per heavy atom. The predicted molar refractivity (Wildman–Crippen MR) is 97.7 cm³/mol. The van der Waals surface area contributed by atoms with Crippen molar-refractivity contribution in [1.82, 2.24) is 19.7 Å². The smallest absolute Gasteiger partial charge is 0.275 e. The number of nitrogens with zero attached hydrogens (tertiary/aromatic N) is 4. The summed E-state index contributed by atoms with van der Waals surface area (Å²) in [4.78, 5) is 31.0. The summed E-state index contributed by atoms with van der Waals surface area (Å²) in [5, 5.41) is 8.03. The lowest BCUT2D eigenvalue weighted by Crippen LogP contribution is -2.28. The highest BCUT2D eigenvalue weighted by atomic mass is 16.2. The minimum atomic E-state index is -0.216. The zero-order valence-corrected chi connectivity index (χ0v) is 14.3. The summed E-state index contributed by atoms with van der Waals surface area (Å²) in [6, 6.07) is 11.0. The predicted octanol–water partition coefficient (Wildman–Crippen LogP) is 2.31. The van der Waals surface area contributed by atoms with Gasteiger partial charge in [-0.15, -0.1) is 0 Å². The molecule has 0 unspecified atom stereocenters. The maximum absolute atomic E-state index is 12.8. The number of amides is 2. The van der Waals surface area contributed by atoms with E-state index < -0.39 is 0 Å². The lowest BCUT2D eigenvalue weighted by atomic mass is 10.2. The van der Waals surface area contributed by atoms with Crippen LogP contribution < -0.4 is 5.32 Å². The number of carbonyl (C=O) groups excluding carboxylic acids is 2. The van der Waals surface area contributed by atoms with Gasteiger partial charge >= 0.3 is 0 Å². The van der Waals surface area contributed by atoms with Crippen LogP contribution in [-0.2, 0) is 11.3 Å². The summed E-state index contributed by atoms with van der Waals surface area (Å²) < 4.78 is 1.59. The molecule has 0 bridgehead atoms. The van der Waals surface area contributed by atoms with Gasteiger partial charge < -0.3 is 10.2 Å². The third-order valence-corrected chi connectivity index (χ3v) is 4.49. The highest BCUT2D eigenvalue weighted by Gasteiger charge is 2.25. The van der Waals surface area contributed by atoms with Crippen LogP contribution in [-0.4, -0.2) is 44.6 Å². The van der Waals surface area contributed by atoms with Crippen LogP contribution in [0.2, 0.25) is 0 Å². The van der Waals surface area contributed by atoms with Crippen LogP contribution in [0.25, 0.3) is 10.9 Å². The molecule has 1 fully saturated rings. The van der Waals surface area contributed by atoms with Gasteiger partial charge in [0.25, 0.3) is 5.91 Å². The third-order valence-electron chi connectivity index (χ3n) is 4.49. The van der Waals surface area contributed by atoms with Gasteiger partial charge in [0, 0.05) is 24.7 Å². The Morgan fingerprint density at radius 2 is 1.88 bits per heavy atom. The molecule has 1 aromatic carbocycles. The Balaban J connectivity index is 1.61. The van der Waals surface area contributed by atoms with E-state index in [1.165, 1.54) is 0 Å². The van der Waals surface area contributed by atoms with E-state index in [0.29, 0.717) is 11.4 Å². The molecule has 2 amide bonds. The fraction of sp³-hybridized carbons (Fsp3) is 0.263. The Bertz CT molecular complexity index is 945.